The Balaban J connectivity index is 2.00. The largest absolute Gasteiger partial charge is 0.456 e. The minimum atomic E-state index is -0.0852. The Morgan fingerprint density at radius 2 is 1.95 bits per heavy atom. The Morgan fingerprint density at radius 3 is 2.76 bits per heavy atom. The zero-order valence-electron chi connectivity index (χ0n) is 11.0. The Labute approximate surface area is 130 Å². The van der Waals surface area contributed by atoms with E-state index in [9.17, 15) is 0 Å². The van der Waals surface area contributed by atoms with Gasteiger partial charge in [-0.3, -0.25) is 10.4 Å². The van der Waals surface area contributed by atoms with Gasteiger partial charge in [-0.1, -0.05) is 30.3 Å². The molecule has 0 spiro atoms. The zero-order valence-corrected chi connectivity index (χ0v) is 12.6. The summed E-state index contributed by atoms with van der Waals surface area (Å²) in [5, 5.41) is 9.63. The summed E-state index contributed by atoms with van der Waals surface area (Å²) in [6, 6.07) is 15.3. The van der Waals surface area contributed by atoms with Gasteiger partial charge < -0.3 is 10.5 Å². The van der Waals surface area contributed by atoms with Crippen LogP contribution in [0.15, 0.2) is 59.2 Å². The van der Waals surface area contributed by atoms with Crippen LogP contribution in [0, 0.1) is 5.41 Å². The fourth-order valence-electron chi connectivity index (χ4n) is 2.04. The van der Waals surface area contributed by atoms with E-state index >= 15 is 0 Å². The summed E-state index contributed by atoms with van der Waals surface area (Å²) in [5.41, 5.74) is 5.83. The summed E-state index contributed by atoms with van der Waals surface area (Å²) < 4.78 is 6.76. The van der Waals surface area contributed by atoms with E-state index in [1.54, 1.807) is 18.3 Å². The van der Waals surface area contributed by atoms with E-state index in [4.69, 9.17) is 15.9 Å². The van der Waals surface area contributed by atoms with Crippen molar-refractivity contribution in [1.29, 1.82) is 5.41 Å². The molecule has 0 saturated heterocycles. The van der Waals surface area contributed by atoms with Gasteiger partial charge in [-0.15, -0.1) is 0 Å². The number of benzene rings is 2. The van der Waals surface area contributed by atoms with E-state index in [0.717, 1.165) is 15.2 Å². The lowest BCUT2D eigenvalue weighted by atomic mass is 10.1. The topological polar surface area (TPSA) is 72.0 Å². The second kappa shape index (κ2) is 5.54. The number of pyridine rings is 1. The second-order valence-electron chi connectivity index (χ2n) is 4.49. The number of aromatic nitrogens is 1. The van der Waals surface area contributed by atoms with Gasteiger partial charge in [0.15, 0.2) is 0 Å². The fourth-order valence-corrected chi connectivity index (χ4v) is 2.62. The predicted octanol–water partition coefficient (Wildman–Crippen LogP) is 4.07. The van der Waals surface area contributed by atoms with Crippen LogP contribution in [-0.4, -0.2) is 10.8 Å². The van der Waals surface area contributed by atoms with E-state index in [1.807, 2.05) is 36.4 Å². The van der Waals surface area contributed by atoms with Crippen LogP contribution < -0.4 is 10.5 Å². The molecule has 3 rings (SSSR count). The SMILES string of the molecule is N=C(N)c1cc(Oc2ccc3ccccc3c2Br)ccn1. The highest BCUT2D eigenvalue weighted by molar-refractivity contribution is 9.10. The van der Waals surface area contributed by atoms with Gasteiger partial charge in [-0.2, -0.15) is 0 Å². The van der Waals surface area contributed by atoms with Crippen molar-refractivity contribution in [1.82, 2.24) is 4.98 Å². The summed E-state index contributed by atoms with van der Waals surface area (Å²) in [7, 11) is 0. The molecule has 0 aliphatic carbocycles. The van der Waals surface area contributed by atoms with Crippen molar-refractivity contribution in [2.45, 2.75) is 0 Å². The average molecular weight is 342 g/mol. The van der Waals surface area contributed by atoms with E-state index in [0.29, 0.717) is 17.2 Å². The molecule has 0 unspecified atom stereocenters. The van der Waals surface area contributed by atoms with Crippen molar-refractivity contribution in [2.24, 2.45) is 5.73 Å². The van der Waals surface area contributed by atoms with Crippen LogP contribution in [0.4, 0.5) is 0 Å². The minimum absolute atomic E-state index is 0.0852. The third-order valence-electron chi connectivity index (χ3n) is 3.06. The number of hydrogen-bond acceptors (Lipinski definition) is 3. The molecule has 4 nitrogen and oxygen atoms in total. The van der Waals surface area contributed by atoms with Gasteiger partial charge in [-0.05, 0) is 38.8 Å². The first-order valence-corrected chi connectivity index (χ1v) is 7.10. The molecule has 104 valence electrons. The first-order valence-electron chi connectivity index (χ1n) is 6.31. The van der Waals surface area contributed by atoms with Crippen molar-refractivity contribution in [3.8, 4) is 11.5 Å². The molecule has 0 saturated carbocycles. The molecule has 1 aromatic heterocycles. The highest BCUT2D eigenvalue weighted by Crippen LogP contribution is 2.35. The minimum Gasteiger partial charge on any atom is -0.456 e. The molecule has 0 radical (unpaired) electrons. The molecule has 0 fully saturated rings. The maximum Gasteiger partial charge on any atom is 0.142 e. The Kier molecular flexibility index (Phi) is 3.58. The molecule has 3 aromatic rings. The van der Waals surface area contributed by atoms with Crippen LogP contribution in [-0.2, 0) is 0 Å². The highest BCUT2D eigenvalue weighted by atomic mass is 79.9. The molecule has 21 heavy (non-hydrogen) atoms. The first-order chi connectivity index (χ1) is 10.1. The maximum absolute atomic E-state index is 7.41. The second-order valence-corrected chi connectivity index (χ2v) is 5.28. The van der Waals surface area contributed by atoms with Crippen LogP contribution in [0.5, 0.6) is 11.5 Å². The van der Waals surface area contributed by atoms with Crippen molar-refractivity contribution in [2.75, 3.05) is 0 Å². The number of fused-ring (bicyclic) bond motifs is 1. The number of nitrogens with two attached hydrogens (primary N) is 1. The number of amidine groups is 1. The Hall–Kier alpha value is -2.40. The standard InChI is InChI=1S/C16H12BrN3O/c17-15-12-4-2-1-3-10(12)5-6-14(15)21-11-7-8-20-13(9-11)16(18)19/h1-9H,(H3,18,19). The molecule has 1 heterocycles. The number of nitrogens with one attached hydrogen (secondary N) is 1. The number of hydrogen-bond donors (Lipinski definition) is 2. The van der Waals surface area contributed by atoms with Gasteiger partial charge in [0.1, 0.15) is 23.0 Å². The number of rotatable bonds is 3. The van der Waals surface area contributed by atoms with Crippen LogP contribution in [0.2, 0.25) is 0 Å². The molecule has 2 aromatic carbocycles. The van der Waals surface area contributed by atoms with Crippen molar-refractivity contribution in [3.05, 3.63) is 64.9 Å². The summed E-state index contributed by atoms with van der Waals surface area (Å²) >= 11 is 3.58. The molecule has 0 atom stereocenters. The quantitative estimate of drug-likeness (QED) is 0.557. The van der Waals surface area contributed by atoms with Gasteiger partial charge in [0.2, 0.25) is 0 Å². The molecular formula is C16H12BrN3O. The maximum atomic E-state index is 7.41. The van der Waals surface area contributed by atoms with Crippen molar-refractivity contribution in [3.63, 3.8) is 0 Å². The zero-order chi connectivity index (χ0) is 14.8. The first kappa shape index (κ1) is 13.6. The van der Waals surface area contributed by atoms with Crippen LogP contribution >= 0.6 is 15.9 Å². The van der Waals surface area contributed by atoms with E-state index < -0.39 is 0 Å². The molecule has 0 aliphatic rings. The number of nitrogen functional groups attached to an aromatic ring is 1. The van der Waals surface area contributed by atoms with Gasteiger partial charge in [0, 0.05) is 12.3 Å². The Bertz CT molecular complexity index is 833. The molecule has 3 N–H and O–H groups in total. The van der Waals surface area contributed by atoms with E-state index in [-0.39, 0.29) is 5.84 Å². The fraction of sp³-hybridized carbons (Fsp3) is 0. The van der Waals surface area contributed by atoms with Gasteiger partial charge in [0.25, 0.3) is 0 Å². The van der Waals surface area contributed by atoms with E-state index in [2.05, 4.69) is 20.9 Å². The lowest BCUT2D eigenvalue weighted by molar-refractivity contribution is 0.479. The van der Waals surface area contributed by atoms with Gasteiger partial charge in [0.05, 0.1) is 4.47 Å². The summed E-state index contributed by atoms with van der Waals surface area (Å²) in [6.07, 6.45) is 1.57. The third-order valence-corrected chi connectivity index (χ3v) is 3.88. The van der Waals surface area contributed by atoms with Crippen LogP contribution in [0.3, 0.4) is 0 Å². The summed E-state index contributed by atoms with van der Waals surface area (Å²) in [5.74, 6) is 1.21. The van der Waals surface area contributed by atoms with Crippen molar-refractivity contribution < 1.29 is 4.74 Å². The molecule has 0 bridgehead atoms. The monoisotopic (exact) mass is 341 g/mol. The third kappa shape index (κ3) is 2.73. The normalized spacial score (nSPS) is 10.5. The summed E-state index contributed by atoms with van der Waals surface area (Å²) in [6.45, 7) is 0. The number of halogens is 1. The Morgan fingerprint density at radius 1 is 1.14 bits per heavy atom. The average Bonchev–Trinajstić information content (AvgIpc) is 2.51. The van der Waals surface area contributed by atoms with Crippen LogP contribution in [0.1, 0.15) is 5.69 Å². The molecule has 0 amide bonds. The van der Waals surface area contributed by atoms with Gasteiger partial charge >= 0.3 is 0 Å². The lowest BCUT2D eigenvalue weighted by Crippen LogP contribution is -2.12. The molecule has 5 heteroatoms. The predicted molar refractivity (Wildman–Crippen MR) is 87.0 cm³/mol. The van der Waals surface area contributed by atoms with Crippen molar-refractivity contribution >= 4 is 32.5 Å². The number of ether oxygens (including phenoxy) is 1. The highest BCUT2D eigenvalue weighted by Gasteiger charge is 2.08. The smallest absolute Gasteiger partial charge is 0.142 e. The molecule has 0 aliphatic heterocycles. The summed E-state index contributed by atoms with van der Waals surface area (Å²) in [4.78, 5) is 4.01. The number of nitrogens with zero attached hydrogens (tertiary/aromatic N) is 1. The van der Waals surface area contributed by atoms with E-state index in [1.165, 1.54) is 0 Å². The molecular weight excluding hydrogens is 330 g/mol. The van der Waals surface area contributed by atoms with Gasteiger partial charge in [-0.25, -0.2) is 0 Å². The van der Waals surface area contributed by atoms with Crippen LogP contribution in [0.25, 0.3) is 10.8 Å². The lowest BCUT2D eigenvalue weighted by Gasteiger charge is -2.10.